The van der Waals surface area contributed by atoms with Crippen molar-refractivity contribution in [3.63, 3.8) is 0 Å². The lowest BCUT2D eigenvalue weighted by molar-refractivity contribution is 0.574. The SMILES string of the molecule is Cc1cnn(CCCCS)c1. The molecule has 0 radical (unpaired) electrons. The van der Waals surface area contributed by atoms with Gasteiger partial charge in [-0.1, -0.05) is 0 Å². The highest BCUT2D eigenvalue weighted by molar-refractivity contribution is 7.80. The van der Waals surface area contributed by atoms with Crippen molar-refractivity contribution in [2.75, 3.05) is 5.75 Å². The van der Waals surface area contributed by atoms with Crippen LogP contribution in [0, 0.1) is 6.92 Å². The number of hydrogen-bond donors (Lipinski definition) is 1. The first-order valence-electron chi connectivity index (χ1n) is 3.93. The van der Waals surface area contributed by atoms with E-state index in [-0.39, 0.29) is 0 Å². The lowest BCUT2D eigenvalue weighted by Crippen LogP contribution is -1.97. The molecule has 0 unspecified atom stereocenters. The summed E-state index contributed by atoms with van der Waals surface area (Å²) in [6.07, 6.45) is 6.30. The van der Waals surface area contributed by atoms with E-state index in [1.165, 1.54) is 18.4 Å². The molecule has 3 heteroatoms. The molecule has 0 amide bonds. The highest BCUT2D eigenvalue weighted by atomic mass is 32.1. The van der Waals surface area contributed by atoms with Crippen molar-refractivity contribution in [1.29, 1.82) is 0 Å². The Kier molecular flexibility index (Phi) is 3.49. The van der Waals surface area contributed by atoms with Gasteiger partial charge in [0.15, 0.2) is 0 Å². The third-order valence-corrected chi connectivity index (χ3v) is 1.87. The fourth-order valence-corrected chi connectivity index (χ4v) is 1.20. The van der Waals surface area contributed by atoms with Gasteiger partial charge in [-0.2, -0.15) is 17.7 Å². The van der Waals surface area contributed by atoms with Gasteiger partial charge in [-0.05, 0) is 31.1 Å². The monoisotopic (exact) mass is 170 g/mol. The molecule has 0 saturated heterocycles. The number of nitrogens with zero attached hydrogens (tertiary/aromatic N) is 2. The van der Waals surface area contributed by atoms with Crippen LogP contribution >= 0.6 is 12.6 Å². The van der Waals surface area contributed by atoms with Crippen molar-refractivity contribution in [2.45, 2.75) is 26.3 Å². The van der Waals surface area contributed by atoms with Crippen LogP contribution in [0.15, 0.2) is 12.4 Å². The summed E-state index contributed by atoms with van der Waals surface area (Å²) in [4.78, 5) is 0. The summed E-state index contributed by atoms with van der Waals surface area (Å²) in [6.45, 7) is 3.08. The summed E-state index contributed by atoms with van der Waals surface area (Å²) in [5, 5.41) is 4.18. The minimum atomic E-state index is 0.972. The van der Waals surface area contributed by atoms with Crippen LogP contribution in [0.5, 0.6) is 0 Å². The van der Waals surface area contributed by atoms with E-state index in [1.54, 1.807) is 0 Å². The fourth-order valence-electron chi connectivity index (χ4n) is 0.975. The maximum atomic E-state index is 4.18. The first-order valence-corrected chi connectivity index (χ1v) is 4.56. The Morgan fingerprint density at radius 3 is 2.91 bits per heavy atom. The van der Waals surface area contributed by atoms with Crippen LogP contribution < -0.4 is 0 Å². The average Bonchev–Trinajstić information content (AvgIpc) is 2.37. The predicted octanol–water partition coefficient (Wildman–Crippen LogP) is 1.90. The van der Waals surface area contributed by atoms with Gasteiger partial charge in [0.05, 0.1) is 6.20 Å². The molecule has 0 aliphatic rings. The second kappa shape index (κ2) is 4.44. The second-order valence-corrected chi connectivity index (χ2v) is 3.16. The average molecular weight is 170 g/mol. The van der Waals surface area contributed by atoms with Crippen LogP contribution in [0.4, 0.5) is 0 Å². The molecule has 0 saturated carbocycles. The van der Waals surface area contributed by atoms with E-state index in [2.05, 4.69) is 30.8 Å². The van der Waals surface area contributed by atoms with Gasteiger partial charge in [0.1, 0.15) is 0 Å². The van der Waals surface area contributed by atoms with Gasteiger partial charge in [-0.15, -0.1) is 0 Å². The topological polar surface area (TPSA) is 17.8 Å². The van der Waals surface area contributed by atoms with Crippen molar-refractivity contribution in [3.05, 3.63) is 18.0 Å². The molecule has 0 N–H and O–H groups in total. The highest BCUT2D eigenvalue weighted by Gasteiger charge is 1.92. The maximum absolute atomic E-state index is 4.18. The Balaban J connectivity index is 2.27. The van der Waals surface area contributed by atoms with E-state index in [0.717, 1.165) is 12.3 Å². The number of rotatable bonds is 4. The lowest BCUT2D eigenvalue weighted by Gasteiger charge is -1.98. The van der Waals surface area contributed by atoms with Crippen molar-refractivity contribution in [3.8, 4) is 0 Å². The molecular weight excluding hydrogens is 156 g/mol. The van der Waals surface area contributed by atoms with Crippen LogP contribution in [0.3, 0.4) is 0 Å². The Labute approximate surface area is 73.0 Å². The number of aryl methyl sites for hydroxylation is 2. The van der Waals surface area contributed by atoms with Crippen LogP contribution in [-0.4, -0.2) is 15.5 Å². The molecule has 62 valence electrons. The summed E-state index contributed by atoms with van der Waals surface area (Å²) >= 11 is 4.14. The molecule has 2 nitrogen and oxygen atoms in total. The van der Waals surface area contributed by atoms with E-state index < -0.39 is 0 Å². The number of unbranched alkanes of at least 4 members (excludes halogenated alkanes) is 1. The summed E-state index contributed by atoms with van der Waals surface area (Å²) in [5.74, 6) is 0.972. The Hall–Kier alpha value is -0.440. The van der Waals surface area contributed by atoms with Gasteiger partial charge in [-0.25, -0.2) is 0 Å². The van der Waals surface area contributed by atoms with Crippen molar-refractivity contribution < 1.29 is 0 Å². The van der Waals surface area contributed by atoms with Crippen molar-refractivity contribution in [2.24, 2.45) is 0 Å². The van der Waals surface area contributed by atoms with Crippen LogP contribution in [-0.2, 0) is 6.54 Å². The number of hydrogen-bond acceptors (Lipinski definition) is 2. The normalized spacial score (nSPS) is 10.4. The van der Waals surface area contributed by atoms with Crippen LogP contribution in [0.25, 0.3) is 0 Å². The minimum absolute atomic E-state index is 0.972. The maximum Gasteiger partial charge on any atom is 0.0518 e. The molecule has 0 bridgehead atoms. The van der Waals surface area contributed by atoms with E-state index in [9.17, 15) is 0 Å². The van der Waals surface area contributed by atoms with Gasteiger partial charge in [0.25, 0.3) is 0 Å². The lowest BCUT2D eigenvalue weighted by atomic mass is 10.3. The van der Waals surface area contributed by atoms with E-state index in [1.807, 2.05) is 10.9 Å². The minimum Gasteiger partial charge on any atom is -0.272 e. The van der Waals surface area contributed by atoms with E-state index in [0.29, 0.717) is 0 Å². The molecule has 11 heavy (non-hydrogen) atoms. The molecule has 0 aliphatic carbocycles. The zero-order chi connectivity index (χ0) is 8.10. The summed E-state index contributed by atoms with van der Waals surface area (Å²) in [6, 6.07) is 0. The van der Waals surface area contributed by atoms with Crippen LogP contribution in [0.2, 0.25) is 0 Å². The summed E-state index contributed by atoms with van der Waals surface area (Å²) < 4.78 is 1.98. The fraction of sp³-hybridized carbons (Fsp3) is 0.625. The molecule has 1 heterocycles. The third kappa shape index (κ3) is 2.97. The second-order valence-electron chi connectivity index (χ2n) is 2.71. The van der Waals surface area contributed by atoms with E-state index in [4.69, 9.17) is 0 Å². The third-order valence-electron chi connectivity index (χ3n) is 1.56. The molecule has 0 aromatic carbocycles. The Morgan fingerprint density at radius 1 is 1.55 bits per heavy atom. The number of aromatic nitrogens is 2. The molecule has 0 aliphatic heterocycles. The predicted molar refractivity (Wildman–Crippen MR) is 50.1 cm³/mol. The highest BCUT2D eigenvalue weighted by Crippen LogP contribution is 1.98. The van der Waals surface area contributed by atoms with Crippen molar-refractivity contribution in [1.82, 2.24) is 9.78 Å². The Morgan fingerprint density at radius 2 is 2.36 bits per heavy atom. The van der Waals surface area contributed by atoms with Crippen LogP contribution in [0.1, 0.15) is 18.4 Å². The quantitative estimate of drug-likeness (QED) is 0.540. The number of thiol groups is 1. The molecule has 1 aromatic rings. The molecule has 1 rings (SSSR count). The first kappa shape index (κ1) is 8.65. The van der Waals surface area contributed by atoms with Gasteiger partial charge >= 0.3 is 0 Å². The standard InChI is InChI=1S/C8H14N2S/c1-8-6-9-10(7-8)4-2-3-5-11/h6-7,11H,2-5H2,1H3. The van der Waals surface area contributed by atoms with Gasteiger partial charge < -0.3 is 0 Å². The van der Waals surface area contributed by atoms with Crippen molar-refractivity contribution >= 4 is 12.6 Å². The van der Waals surface area contributed by atoms with Gasteiger partial charge in [0, 0.05) is 12.7 Å². The molecule has 0 atom stereocenters. The van der Waals surface area contributed by atoms with E-state index >= 15 is 0 Å². The summed E-state index contributed by atoms with van der Waals surface area (Å²) in [5.41, 5.74) is 1.23. The molecule has 1 aromatic heterocycles. The van der Waals surface area contributed by atoms with Gasteiger partial charge in [0.2, 0.25) is 0 Å². The smallest absolute Gasteiger partial charge is 0.0518 e. The van der Waals surface area contributed by atoms with Gasteiger partial charge in [-0.3, -0.25) is 4.68 Å². The summed E-state index contributed by atoms with van der Waals surface area (Å²) in [7, 11) is 0. The first-order chi connectivity index (χ1) is 5.33. The Bertz CT molecular complexity index is 208. The molecule has 0 spiro atoms. The zero-order valence-corrected chi connectivity index (χ0v) is 7.72. The largest absolute Gasteiger partial charge is 0.272 e. The molecular formula is C8H14N2S. The molecule has 0 fully saturated rings. The zero-order valence-electron chi connectivity index (χ0n) is 6.82.